The summed E-state index contributed by atoms with van der Waals surface area (Å²) in [6.07, 6.45) is 62.5. The first-order valence-electron chi connectivity index (χ1n) is 28.6. The SMILES string of the molecule is CCCCCCCCCCCCCCCCCCCCC/C=C/C(=O)NCCCCS(=O)(=O)O.CCCCCCCCCCCCCCCCCCCCC/C=C/C([O-])=NCCCCS(=O)(=O)[O-].[Ca+2]. The predicted molar refractivity (Wildman–Crippen MR) is 295 cm³/mol. The van der Waals surface area contributed by atoms with Crippen LogP contribution in [0.4, 0.5) is 0 Å². The molecule has 0 heterocycles. The number of amides is 1. The zero-order valence-electron chi connectivity index (χ0n) is 45.0. The minimum absolute atomic E-state index is 0. The number of rotatable bonds is 52. The van der Waals surface area contributed by atoms with Crippen LogP contribution in [0.15, 0.2) is 29.3 Å². The van der Waals surface area contributed by atoms with Gasteiger partial charge in [-0.25, -0.2) is 8.42 Å². The number of nitrogens with one attached hydrogen (secondary N) is 1. The summed E-state index contributed by atoms with van der Waals surface area (Å²) in [6, 6.07) is 0. The van der Waals surface area contributed by atoms with Crippen LogP contribution in [-0.2, 0) is 25.0 Å². The van der Waals surface area contributed by atoms with Gasteiger partial charge in [-0.2, -0.15) is 8.42 Å². The summed E-state index contributed by atoms with van der Waals surface area (Å²) in [5, 5.41) is 14.3. The zero-order chi connectivity index (χ0) is 50.3. The van der Waals surface area contributed by atoms with Crippen molar-refractivity contribution < 1.29 is 35.8 Å². The van der Waals surface area contributed by atoms with Crippen LogP contribution in [-0.4, -0.2) is 100 Å². The summed E-state index contributed by atoms with van der Waals surface area (Å²) in [6.45, 7) is 5.26. The van der Waals surface area contributed by atoms with Crippen molar-refractivity contribution in [1.29, 1.82) is 0 Å². The fourth-order valence-corrected chi connectivity index (χ4v) is 9.49. The molecular formula is C56H108CaN2O8S2. The van der Waals surface area contributed by atoms with E-state index >= 15 is 0 Å². The molecule has 2 N–H and O–H groups in total. The smallest absolute Gasteiger partial charge is 0.859 e. The van der Waals surface area contributed by atoms with Crippen molar-refractivity contribution in [3.8, 4) is 0 Å². The molecule has 0 aliphatic carbocycles. The maximum absolute atomic E-state index is 11.6. The molecule has 0 spiro atoms. The van der Waals surface area contributed by atoms with E-state index in [1.54, 1.807) is 6.08 Å². The summed E-state index contributed by atoms with van der Waals surface area (Å²) in [4.78, 5) is 15.5. The molecule has 0 aromatic heterocycles. The molecule has 0 fully saturated rings. The Morgan fingerprint density at radius 3 is 1.07 bits per heavy atom. The molecule has 0 saturated heterocycles. The Kier molecular flexibility index (Phi) is 61.6. The quantitative estimate of drug-likeness (QED) is 0.0151. The zero-order valence-corrected chi connectivity index (χ0v) is 48.9. The standard InChI is InChI=1S/2C28H55NO4S.Ca/c2*1-2-3-4-5-6-7-8-9-10-11-12-13-14-15-16-17-18-19-20-21-22-25-28(30)29-26-23-24-27-34(31,32)33;/h2*22,25H,2-21,23-24,26-27H2,1H3,(H,29,30)(H,31,32,33);/q;;+2/p-2/b2*25-22+;. The first-order valence-corrected chi connectivity index (χ1v) is 31.8. The number of nitrogens with zero attached hydrogens (tertiary/aromatic N) is 1. The van der Waals surface area contributed by atoms with Gasteiger partial charge in [0.15, 0.2) is 0 Å². The monoisotopic (exact) mass is 1040 g/mol. The average molecular weight is 1040 g/mol. The van der Waals surface area contributed by atoms with E-state index < -0.39 is 20.2 Å². The van der Waals surface area contributed by atoms with Gasteiger partial charge in [0.2, 0.25) is 5.91 Å². The van der Waals surface area contributed by atoms with Crippen LogP contribution in [0.3, 0.4) is 0 Å². The molecule has 0 atom stereocenters. The van der Waals surface area contributed by atoms with Gasteiger partial charge in [0.05, 0.1) is 15.9 Å². The molecule has 0 aromatic rings. The Hall–Kier alpha value is -0.500. The minimum Gasteiger partial charge on any atom is -0.859 e. The van der Waals surface area contributed by atoms with Gasteiger partial charge in [0.25, 0.3) is 10.1 Å². The predicted octanol–water partition coefficient (Wildman–Crippen LogP) is 15.2. The van der Waals surface area contributed by atoms with Gasteiger partial charge in [0.1, 0.15) is 0 Å². The van der Waals surface area contributed by atoms with Gasteiger partial charge >= 0.3 is 37.7 Å². The van der Waals surface area contributed by atoms with Crippen molar-refractivity contribution in [3.63, 3.8) is 0 Å². The molecule has 0 rings (SSSR count). The molecule has 13 heteroatoms. The van der Waals surface area contributed by atoms with Gasteiger partial charge in [-0.3, -0.25) is 9.35 Å². The molecule has 0 unspecified atom stereocenters. The molecular weight excluding hydrogens is 933 g/mol. The van der Waals surface area contributed by atoms with Crippen LogP contribution in [0.1, 0.15) is 296 Å². The maximum atomic E-state index is 11.6. The maximum Gasteiger partial charge on any atom is 2.00 e. The van der Waals surface area contributed by atoms with E-state index in [-0.39, 0.29) is 74.0 Å². The number of hydrogen-bond donors (Lipinski definition) is 2. The van der Waals surface area contributed by atoms with E-state index in [1.807, 2.05) is 12.2 Å². The summed E-state index contributed by atoms with van der Waals surface area (Å²) in [5.74, 6) is -1.04. The number of allylic oxidation sites excluding steroid dienone is 2. The van der Waals surface area contributed by atoms with Crippen LogP contribution in [0, 0.1) is 0 Å². The minimum atomic E-state index is -4.16. The second-order valence-corrected chi connectivity index (χ2v) is 22.7. The third-order valence-electron chi connectivity index (χ3n) is 12.7. The Morgan fingerprint density at radius 2 is 0.754 bits per heavy atom. The van der Waals surface area contributed by atoms with Crippen molar-refractivity contribution in [2.75, 3.05) is 24.6 Å². The molecule has 0 aliphatic heterocycles. The molecule has 10 nitrogen and oxygen atoms in total. The summed E-state index contributed by atoms with van der Waals surface area (Å²) < 4.78 is 61.2. The Balaban J connectivity index is -0.00000124. The number of carbonyl (C=O) groups is 1. The number of aliphatic imine (C=N–C) groups is 1. The van der Waals surface area contributed by atoms with E-state index in [0.717, 1.165) is 25.7 Å². The van der Waals surface area contributed by atoms with E-state index in [1.165, 1.54) is 237 Å². The second-order valence-electron chi connectivity index (χ2n) is 19.6. The van der Waals surface area contributed by atoms with E-state index in [9.17, 15) is 31.3 Å². The summed E-state index contributed by atoms with van der Waals surface area (Å²) in [7, 11) is -8.05. The molecule has 0 aromatic carbocycles. The third-order valence-corrected chi connectivity index (χ3v) is 14.3. The molecule has 0 aliphatic rings. The normalized spacial score (nSPS) is 12.1. The first-order chi connectivity index (χ1) is 32.9. The Labute approximate surface area is 457 Å². The Bertz CT molecular complexity index is 1380. The summed E-state index contributed by atoms with van der Waals surface area (Å²) >= 11 is 0. The fourth-order valence-electron chi connectivity index (χ4n) is 8.37. The topological polar surface area (TPSA) is 176 Å². The van der Waals surface area contributed by atoms with Gasteiger partial charge < -0.3 is 20.0 Å². The van der Waals surface area contributed by atoms with Crippen molar-refractivity contribution in [2.45, 2.75) is 296 Å². The van der Waals surface area contributed by atoms with Crippen LogP contribution in [0.25, 0.3) is 0 Å². The average Bonchev–Trinajstić information content (AvgIpc) is 3.29. The van der Waals surface area contributed by atoms with Crippen molar-refractivity contribution in [3.05, 3.63) is 24.3 Å². The van der Waals surface area contributed by atoms with Crippen LogP contribution in [0.5, 0.6) is 0 Å². The Morgan fingerprint density at radius 1 is 0.449 bits per heavy atom. The fraction of sp³-hybridized carbons (Fsp3) is 0.893. The van der Waals surface area contributed by atoms with Crippen LogP contribution >= 0.6 is 0 Å². The van der Waals surface area contributed by atoms with Crippen LogP contribution in [0.2, 0.25) is 0 Å². The molecule has 0 radical (unpaired) electrons. The number of unbranched alkanes of at least 4 members (excludes halogenated alkanes) is 40. The van der Waals surface area contributed by atoms with E-state index in [0.29, 0.717) is 25.8 Å². The van der Waals surface area contributed by atoms with Gasteiger partial charge in [-0.15, -0.1) is 0 Å². The molecule has 1 amide bonds. The van der Waals surface area contributed by atoms with Gasteiger partial charge in [0, 0.05) is 18.8 Å². The van der Waals surface area contributed by atoms with Crippen molar-refractivity contribution in [2.24, 2.45) is 4.99 Å². The van der Waals surface area contributed by atoms with Crippen molar-refractivity contribution >= 4 is 69.8 Å². The van der Waals surface area contributed by atoms with E-state index in [4.69, 9.17) is 4.55 Å². The van der Waals surface area contributed by atoms with Gasteiger partial charge in [-0.1, -0.05) is 263 Å². The third kappa shape index (κ3) is 71.8. The van der Waals surface area contributed by atoms with Crippen LogP contribution < -0.4 is 10.4 Å². The first kappa shape index (κ1) is 72.7. The van der Waals surface area contributed by atoms with Gasteiger partial charge in [-0.05, 0) is 63.3 Å². The second kappa shape index (κ2) is 58.4. The van der Waals surface area contributed by atoms with Crippen molar-refractivity contribution in [1.82, 2.24) is 5.32 Å². The molecule has 69 heavy (non-hydrogen) atoms. The number of hydrogen-bond acceptors (Lipinski definition) is 8. The molecule has 404 valence electrons. The largest absolute Gasteiger partial charge is 2.00 e. The van der Waals surface area contributed by atoms with E-state index in [2.05, 4.69) is 24.2 Å². The summed E-state index contributed by atoms with van der Waals surface area (Å²) in [5.41, 5.74) is 0. The molecule has 0 saturated carbocycles. The number of carbonyl (C=O) groups excluding carboxylic acids is 1. The molecule has 0 bridgehead atoms.